The molecule has 0 aromatic rings. The zero-order valence-corrected chi connectivity index (χ0v) is 20.5. The number of hydrogen-bond acceptors (Lipinski definition) is 9. The smallest absolute Gasteiger partial charge is 0.324 e. The minimum atomic E-state index is -5.39. The van der Waals surface area contributed by atoms with Gasteiger partial charge >= 0.3 is 45.6 Å². The Hall–Kier alpha value is 0.860. The highest BCUT2D eigenvalue weighted by atomic mass is 31.3. The van der Waals surface area contributed by atoms with Crippen LogP contribution in [0.4, 0.5) is 0 Å². The van der Waals surface area contributed by atoms with Crippen molar-refractivity contribution in [3.63, 3.8) is 0 Å². The number of hydrogen-bond donors (Lipinski definition) is 10. The molecule has 25 heteroatoms. The highest BCUT2D eigenvalue weighted by molar-refractivity contribution is 7.66. The Kier molecular flexibility index (Phi) is 11.4. The number of rotatable bonds is 14. The fourth-order valence-corrected chi connectivity index (χ4v) is 9.32. The predicted molar refractivity (Wildman–Crippen MR) is 102 cm³/mol. The second-order valence-corrected chi connectivity index (χ2v) is 16.4. The molecule has 0 aromatic heterocycles. The average Bonchev–Trinajstić information content (AvgIpc) is 2.24. The summed E-state index contributed by atoms with van der Waals surface area (Å²) in [6, 6.07) is 0. The van der Waals surface area contributed by atoms with Crippen molar-refractivity contribution < 1.29 is 80.6 Å². The van der Waals surface area contributed by atoms with Crippen LogP contribution in [0.3, 0.4) is 0 Å². The second-order valence-electron chi connectivity index (χ2n) is 6.21. The molecule has 0 aromatic carbocycles. The zero-order chi connectivity index (χ0) is 25.1. The molecule has 188 valence electrons. The second kappa shape index (κ2) is 11.1. The van der Waals surface area contributed by atoms with Crippen molar-refractivity contribution in [3.05, 3.63) is 0 Å². The van der Waals surface area contributed by atoms with E-state index < -0.39 is 83.3 Å². The van der Waals surface area contributed by atoms with Crippen LogP contribution >= 0.6 is 45.6 Å². The molecule has 0 rings (SSSR count). The summed E-state index contributed by atoms with van der Waals surface area (Å²) < 4.78 is 72.4. The molecule has 2 atom stereocenters. The molecule has 0 amide bonds. The van der Waals surface area contributed by atoms with E-state index in [1.165, 1.54) is 0 Å². The number of nitrogens with zero attached hydrogens (tertiary/aromatic N) is 2. The quantitative estimate of drug-likeness (QED) is 0.104. The molecular weight excluding hydrogens is 558 g/mol. The molecule has 0 bridgehead atoms. The third kappa shape index (κ3) is 18.9. The highest BCUT2D eigenvalue weighted by Crippen LogP contribution is 2.61. The summed E-state index contributed by atoms with van der Waals surface area (Å²) in [6.45, 7) is 0. The maximum absolute atomic E-state index is 12.1. The van der Waals surface area contributed by atoms with Crippen molar-refractivity contribution >= 4 is 45.6 Å². The molecule has 0 aliphatic carbocycles. The minimum absolute atomic E-state index is 0.0887. The monoisotopic (exact) mass is 580 g/mol. The van der Waals surface area contributed by atoms with Crippen LogP contribution in [-0.2, 0) is 31.7 Å². The molecule has 31 heavy (non-hydrogen) atoms. The Bertz CT molecular complexity index is 775. The first kappa shape index (κ1) is 31.9. The van der Waals surface area contributed by atoms with Gasteiger partial charge in [-0.3, -0.25) is 37.2 Å². The lowest BCUT2D eigenvalue weighted by atomic mass is 11.0. The average molecular weight is 580 g/mol. The molecule has 10 N–H and O–H groups in total. The van der Waals surface area contributed by atoms with E-state index in [1.54, 1.807) is 0 Å². The molecule has 0 heterocycles. The van der Waals surface area contributed by atoms with Gasteiger partial charge in [0.15, 0.2) is 0 Å². The molecule has 0 spiro atoms. The normalized spacial score (nSPS) is 18.2. The molecule has 19 nitrogen and oxygen atoms in total. The third-order valence-corrected chi connectivity index (χ3v) is 9.18. The van der Waals surface area contributed by atoms with Gasteiger partial charge in [0.2, 0.25) is 0 Å². The SMILES string of the molecule is O=P(O)(O)CN(CP(=O)(O)O)CP(=O)(O)OP(=O)(O)CN(CP(=O)(O)O)CP(=O)(O)O. The maximum atomic E-state index is 12.1. The Morgan fingerprint density at radius 3 is 0.774 bits per heavy atom. The highest BCUT2D eigenvalue weighted by Gasteiger charge is 2.39. The summed E-state index contributed by atoms with van der Waals surface area (Å²) in [6.07, 6.45) is -8.95. The Balaban J connectivity index is 5.56. The summed E-state index contributed by atoms with van der Waals surface area (Å²) in [5.41, 5.74) is 0. The molecular formula is C6H22N2O17P6. The Morgan fingerprint density at radius 2 is 0.613 bits per heavy atom. The van der Waals surface area contributed by atoms with Gasteiger partial charge in [-0.2, -0.15) is 0 Å². The van der Waals surface area contributed by atoms with Gasteiger partial charge in [0, 0.05) is 0 Å². The van der Waals surface area contributed by atoms with Crippen molar-refractivity contribution in [2.24, 2.45) is 0 Å². The predicted octanol–water partition coefficient (Wildman–Crippen LogP) is -1.57. The third-order valence-electron chi connectivity index (χ3n) is 2.55. The van der Waals surface area contributed by atoms with Crippen molar-refractivity contribution in [3.8, 4) is 0 Å². The van der Waals surface area contributed by atoms with Gasteiger partial charge in [-0.1, -0.05) is 0 Å². The summed E-state index contributed by atoms with van der Waals surface area (Å²) in [5.74, 6) is 0. The van der Waals surface area contributed by atoms with Crippen LogP contribution in [0.25, 0.3) is 0 Å². The molecule has 0 radical (unpaired) electrons. The van der Waals surface area contributed by atoms with Crippen LogP contribution in [0.15, 0.2) is 0 Å². The van der Waals surface area contributed by atoms with E-state index in [9.17, 15) is 37.2 Å². The van der Waals surface area contributed by atoms with E-state index in [1.807, 2.05) is 0 Å². The van der Waals surface area contributed by atoms with Crippen LogP contribution < -0.4 is 0 Å². The largest absolute Gasteiger partial charge is 0.349 e. The van der Waals surface area contributed by atoms with Crippen molar-refractivity contribution in [1.29, 1.82) is 0 Å². The molecule has 0 fully saturated rings. The van der Waals surface area contributed by atoms with Crippen LogP contribution in [0.5, 0.6) is 0 Å². The Labute approximate surface area is 174 Å². The van der Waals surface area contributed by atoms with Gasteiger partial charge in [-0.25, -0.2) is 4.31 Å². The summed E-state index contributed by atoms with van der Waals surface area (Å²) in [7, 11) is -30.9. The lowest BCUT2D eigenvalue weighted by Gasteiger charge is -2.28. The van der Waals surface area contributed by atoms with Crippen LogP contribution in [0, 0.1) is 0 Å². The van der Waals surface area contributed by atoms with E-state index in [4.69, 9.17) is 39.1 Å². The molecule has 0 saturated carbocycles. The van der Waals surface area contributed by atoms with Crippen molar-refractivity contribution in [2.75, 3.05) is 37.7 Å². The fraction of sp³-hybridized carbons (Fsp3) is 1.00. The summed E-state index contributed by atoms with van der Waals surface area (Å²) >= 11 is 0. The first-order valence-corrected chi connectivity index (χ1v) is 18.0. The topological polar surface area (TPSA) is 320 Å². The van der Waals surface area contributed by atoms with Crippen molar-refractivity contribution in [1.82, 2.24) is 9.80 Å². The molecule has 0 aliphatic rings. The van der Waals surface area contributed by atoms with Crippen LogP contribution in [0.1, 0.15) is 0 Å². The fourth-order valence-electron chi connectivity index (χ4n) is 2.07. The summed E-state index contributed by atoms with van der Waals surface area (Å²) in [5, 5.41) is 0. The lowest BCUT2D eigenvalue weighted by Crippen LogP contribution is -2.29. The standard InChI is InChI=1S/C6H22N2O17P6/c9-26(10,11)1-7(2-27(12,13)14)5-30(21,22)25-31(23,24)6-8(3-28(15,16)17)4-29(18,19)20/h1-6H2,(H,21,22)(H,23,24)(H2,9,10,11)(H2,12,13,14)(H2,15,16,17)(H2,18,19,20). The molecule has 0 saturated heterocycles. The molecule has 0 aliphatic heterocycles. The maximum Gasteiger partial charge on any atom is 0.349 e. The Morgan fingerprint density at radius 1 is 0.419 bits per heavy atom. The van der Waals surface area contributed by atoms with Crippen LogP contribution in [0.2, 0.25) is 0 Å². The first-order valence-electron chi connectivity index (χ1n) is 7.26. The van der Waals surface area contributed by atoms with Gasteiger partial charge < -0.3 is 48.9 Å². The van der Waals surface area contributed by atoms with Crippen molar-refractivity contribution in [2.45, 2.75) is 0 Å². The van der Waals surface area contributed by atoms with E-state index in [-0.39, 0.29) is 9.80 Å². The van der Waals surface area contributed by atoms with Crippen LogP contribution in [-0.4, -0.2) is 96.4 Å². The van der Waals surface area contributed by atoms with Gasteiger partial charge in [-0.05, 0) is 0 Å². The zero-order valence-electron chi connectivity index (χ0n) is 15.2. The van der Waals surface area contributed by atoms with Gasteiger partial charge in [0.1, 0.15) is 37.7 Å². The van der Waals surface area contributed by atoms with E-state index in [2.05, 4.69) is 4.31 Å². The van der Waals surface area contributed by atoms with Gasteiger partial charge in [-0.15, -0.1) is 0 Å². The first-order chi connectivity index (χ1) is 13.3. The summed E-state index contributed by atoms with van der Waals surface area (Å²) in [4.78, 5) is 90.8. The van der Waals surface area contributed by atoms with Gasteiger partial charge in [0.05, 0.1) is 0 Å². The minimum Gasteiger partial charge on any atom is -0.324 e. The van der Waals surface area contributed by atoms with E-state index in [0.29, 0.717) is 0 Å². The van der Waals surface area contributed by atoms with Gasteiger partial charge in [0.25, 0.3) is 0 Å². The van der Waals surface area contributed by atoms with E-state index in [0.717, 1.165) is 0 Å². The molecule has 2 unspecified atom stereocenters. The lowest BCUT2D eigenvalue weighted by molar-refractivity contribution is 0.265. The van der Waals surface area contributed by atoms with E-state index >= 15 is 0 Å².